The van der Waals surface area contributed by atoms with E-state index in [1.54, 1.807) is 35.7 Å². The number of carbonyl (C=O) groups is 2. The molecule has 0 fully saturated rings. The fourth-order valence-electron chi connectivity index (χ4n) is 2.79. The van der Waals surface area contributed by atoms with Gasteiger partial charge in [0, 0.05) is 15.7 Å². The van der Waals surface area contributed by atoms with Crippen molar-refractivity contribution in [2.45, 2.75) is 19.3 Å². The lowest BCUT2D eigenvalue weighted by atomic mass is 9.77. The van der Waals surface area contributed by atoms with Gasteiger partial charge in [-0.15, -0.1) is 22.7 Å². The van der Waals surface area contributed by atoms with Crippen molar-refractivity contribution in [3.05, 3.63) is 50.9 Å². The Kier molecular flexibility index (Phi) is 4.55. The zero-order valence-electron chi connectivity index (χ0n) is 12.2. The van der Waals surface area contributed by atoms with Gasteiger partial charge in [-0.1, -0.05) is 12.1 Å². The van der Waals surface area contributed by atoms with E-state index in [0.29, 0.717) is 13.0 Å². The second-order valence-electron chi connectivity index (χ2n) is 5.11. The summed E-state index contributed by atoms with van der Waals surface area (Å²) >= 11 is 3.20. The van der Waals surface area contributed by atoms with E-state index in [1.807, 2.05) is 35.0 Å². The largest absolute Gasteiger partial charge is 0.465 e. The summed E-state index contributed by atoms with van der Waals surface area (Å²) in [5, 5.41) is 3.98. The second-order valence-corrected chi connectivity index (χ2v) is 7.03. The van der Waals surface area contributed by atoms with Crippen molar-refractivity contribution < 1.29 is 14.3 Å². The van der Waals surface area contributed by atoms with Crippen LogP contribution in [0.4, 0.5) is 0 Å². The molecule has 0 saturated carbocycles. The van der Waals surface area contributed by atoms with Crippen LogP contribution in [0.2, 0.25) is 0 Å². The zero-order chi connectivity index (χ0) is 15.5. The first-order chi connectivity index (χ1) is 10.7. The Morgan fingerprint density at radius 2 is 2.05 bits per heavy atom. The lowest BCUT2D eigenvalue weighted by Gasteiger charge is -2.28. The SMILES string of the molecule is CCOC(=O)[C@H]1C(=O)C=C(c2cccs2)C[C@H]1c1cccs1. The summed E-state index contributed by atoms with van der Waals surface area (Å²) in [6, 6.07) is 7.94. The highest BCUT2D eigenvalue weighted by atomic mass is 32.1. The molecule has 0 N–H and O–H groups in total. The van der Waals surface area contributed by atoms with Gasteiger partial charge in [0.2, 0.25) is 0 Å². The van der Waals surface area contributed by atoms with E-state index in [0.717, 1.165) is 15.3 Å². The van der Waals surface area contributed by atoms with Crippen LogP contribution in [-0.4, -0.2) is 18.4 Å². The van der Waals surface area contributed by atoms with Gasteiger partial charge in [0.15, 0.2) is 5.78 Å². The van der Waals surface area contributed by atoms with Crippen LogP contribution in [0.15, 0.2) is 41.1 Å². The number of carbonyl (C=O) groups excluding carboxylic acids is 2. The molecule has 0 bridgehead atoms. The van der Waals surface area contributed by atoms with Crippen LogP contribution in [0.5, 0.6) is 0 Å². The second kappa shape index (κ2) is 6.58. The number of ether oxygens (including phenoxy) is 1. The maximum atomic E-state index is 12.6. The number of allylic oxidation sites excluding steroid dienone is 2. The third-order valence-corrected chi connectivity index (χ3v) is 5.70. The van der Waals surface area contributed by atoms with Crippen LogP contribution in [0, 0.1) is 5.92 Å². The van der Waals surface area contributed by atoms with Gasteiger partial charge in [0.1, 0.15) is 5.92 Å². The van der Waals surface area contributed by atoms with Crippen molar-refractivity contribution in [1.82, 2.24) is 0 Å². The van der Waals surface area contributed by atoms with Gasteiger partial charge in [-0.2, -0.15) is 0 Å². The zero-order valence-corrected chi connectivity index (χ0v) is 13.8. The quantitative estimate of drug-likeness (QED) is 0.624. The molecule has 114 valence electrons. The molecular weight excluding hydrogens is 316 g/mol. The lowest BCUT2D eigenvalue weighted by Crippen LogP contribution is -2.33. The highest BCUT2D eigenvalue weighted by Crippen LogP contribution is 2.42. The molecule has 1 aliphatic carbocycles. The van der Waals surface area contributed by atoms with Crippen molar-refractivity contribution in [2.24, 2.45) is 5.92 Å². The highest BCUT2D eigenvalue weighted by molar-refractivity contribution is 7.11. The minimum Gasteiger partial charge on any atom is -0.465 e. The number of hydrogen-bond donors (Lipinski definition) is 0. The molecule has 5 heteroatoms. The number of hydrogen-bond acceptors (Lipinski definition) is 5. The van der Waals surface area contributed by atoms with E-state index in [9.17, 15) is 9.59 Å². The van der Waals surface area contributed by atoms with Crippen molar-refractivity contribution in [1.29, 1.82) is 0 Å². The Morgan fingerprint density at radius 3 is 2.68 bits per heavy atom. The van der Waals surface area contributed by atoms with Crippen LogP contribution >= 0.6 is 22.7 Å². The van der Waals surface area contributed by atoms with Crippen molar-refractivity contribution in [3.8, 4) is 0 Å². The molecule has 0 aliphatic heterocycles. The first kappa shape index (κ1) is 15.2. The molecule has 0 amide bonds. The van der Waals surface area contributed by atoms with Crippen LogP contribution in [-0.2, 0) is 14.3 Å². The first-order valence-electron chi connectivity index (χ1n) is 7.19. The summed E-state index contributed by atoms with van der Waals surface area (Å²) in [5.41, 5.74) is 1.01. The van der Waals surface area contributed by atoms with E-state index in [1.165, 1.54) is 0 Å². The third kappa shape index (κ3) is 2.91. The van der Waals surface area contributed by atoms with E-state index in [4.69, 9.17) is 4.74 Å². The topological polar surface area (TPSA) is 43.4 Å². The van der Waals surface area contributed by atoms with E-state index in [-0.39, 0.29) is 11.7 Å². The van der Waals surface area contributed by atoms with E-state index >= 15 is 0 Å². The summed E-state index contributed by atoms with van der Waals surface area (Å²) in [4.78, 5) is 27.0. The molecule has 2 heterocycles. The molecular formula is C17H16O3S2. The highest BCUT2D eigenvalue weighted by Gasteiger charge is 2.40. The Bertz CT molecular complexity index is 684. The molecule has 0 spiro atoms. The average molecular weight is 332 g/mol. The van der Waals surface area contributed by atoms with Crippen molar-refractivity contribution >= 4 is 40.0 Å². The molecule has 2 aromatic rings. The fraction of sp³-hybridized carbons (Fsp3) is 0.294. The minimum absolute atomic E-state index is 0.131. The lowest BCUT2D eigenvalue weighted by molar-refractivity contribution is -0.151. The monoisotopic (exact) mass is 332 g/mol. The van der Waals surface area contributed by atoms with Crippen molar-refractivity contribution in [3.63, 3.8) is 0 Å². The molecule has 0 radical (unpaired) electrons. The predicted octanol–water partition coefficient (Wildman–Crippen LogP) is 4.13. The van der Waals surface area contributed by atoms with Gasteiger partial charge >= 0.3 is 5.97 Å². The van der Waals surface area contributed by atoms with Gasteiger partial charge in [0.25, 0.3) is 0 Å². The number of ketones is 1. The summed E-state index contributed by atoms with van der Waals surface area (Å²) < 4.78 is 5.12. The smallest absolute Gasteiger partial charge is 0.317 e. The Hall–Kier alpha value is -1.72. The van der Waals surface area contributed by atoms with Gasteiger partial charge in [-0.3, -0.25) is 9.59 Å². The summed E-state index contributed by atoms with van der Waals surface area (Å²) in [7, 11) is 0. The maximum Gasteiger partial charge on any atom is 0.317 e. The molecule has 0 unspecified atom stereocenters. The summed E-state index contributed by atoms with van der Waals surface area (Å²) in [5.74, 6) is -1.41. The van der Waals surface area contributed by atoms with Crippen molar-refractivity contribution in [2.75, 3.05) is 6.61 Å². The fourth-order valence-corrected chi connectivity index (χ4v) is 4.41. The summed E-state index contributed by atoms with van der Waals surface area (Å²) in [6.07, 6.45) is 2.31. The molecule has 1 aliphatic rings. The molecule has 2 aromatic heterocycles. The normalized spacial score (nSPS) is 21.5. The minimum atomic E-state index is -0.720. The number of esters is 1. The first-order valence-corrected chi connectivity index (χ1v) is 8.95. The van der Waals surface area contributed by atoms with Gasteiger partial charge in [-0.25, -0.2) is 0 Å². The Balaban J connectivity index is 1.98. The standard InChI is InChI=1S/C17H16O3S2/c1-2-20-17(19)16-12(15-6-4-8-22-15)9-11(10-13(16)18)14-5-3-7-21-14/h3-8,10,12,16H,2,9H2,1H3/t12-,16+/m0/s1. The Labute approximate surface area is 137 Å². The van der Waals surface area contributed by atoms with Gasteiger partial charge < -0.3 is 4.74 Å². The third-order valence-electron chi connectivity index (χ3n) is 3.75. The molecule has 3 nitrogen and oxygen atoms in total. The molecule has 2 atom stereocenters. The van der Waals surface area contributed by atoms with Gasteiger partial charge in [-0.05, 0) is 47.9 Å². The summed E-state index contributed by atoms with van der Waals surface area (Å²) in [6.45, 7) is 2.06. The maximum absolute atomic E-state index is 12.6. The Morgan fingerprint density at radius 1 is 1.27 bits per heavy atom. The van der Waals surface area contributed by atoms with Crippen LogP contribution in [0.25, 0.3) is 5.57 Å². The van der Waals surface area contributed by atoms with E-state index in [2.05, 4.69) is 0 Å². The molecule has 0 saturated heterocycles. The molecule has 3 rings (SSSR count). The van der Waals surface area contributed by atoms with Crippen LogP contribution < -0.4 is 0 Å². The molecule has 0 aromatic carbocycles. The molecule has 22 heavy (non-hydrogen) atoms. The van der Waals surface area contributed by atoms with Crippen LogP contribution in [0.3, 0.4) is 0 Å². The predicted molar refractivity (Wildman–Crippen MR) is 89.1 cm³/mol. The average Bonchev–Trinajstić information content (AvgIpc) is 3.20. The number of thiophene rings is 2. The van der Waals surface area contributed by atoms with Gasteiger partial charge in [0.05, 0.1) is 6.61 Å². The van der Waals surface area contributed by atoms with E-state index < -0.39 is 11.9 Å². The number of rotatable bonds is 4. The van der Waals surface area contributed by atoms with Crippen LogP contribution in [0.1, 0.15) is 29.0 Å².